The molecule has 0 unspecified atom stereocenters. The van der Waals surface area contributed by atoms with Crippen molar-refractivity contribution in [3.05, 3.63) is 24.1 Å². The average Bonchev–Trinajstić information content (AvgIpc) is 2.80. The minimum Gasteiger partial charge on any atom is -0.211 e. The van der Waals surface area contributed by atoms with Crippen LogP contribution in [0.2, 0.25) is 0 Å². The van der Waals surface area contributed by atoms with Crippen LogP contribution in [0.1, 0.15) is 58.8 Å². The molecular weight excluding hydrogens is 247 g/mol. The minimum atomic E-state index is 0.0890. The van der Waals surface area contributed by atoms with Gasteiger partial charge in [0.05, 0.1) is 0 Å². The molecule has 4 aliphatic carbocycles. The van der Waals surface area contributed by atoms with Crippen molar-refractivity contribution < 1.29 is 4.39 Å². The van der Waals surface area contributed by atoms with Crippen LogP contribution < -0.4 is 0 Å². The largest absolute Gasteiger partial charge is 0.211 e. The van der Waals surface area contributed by atoms with E-state index in [9.17, 15) is 4.39 Å². The standard InChI is InChI=1S/C19H27F/c1-18-10-3-5-14(18)13-7-8-16-17(20)6-4-11-19(16,2)15(13)9-12-18/h4,6,11,13-16H,3,5,7-10,12H2,1-2H3/t13-,14-,15-,16-,18-,19+/m0/s1. The zero-order chi connectivity index (χ0) is 14.0. The Morgan fingerprint density at radius 2 is 1.90 bits per heavy atom. The van der Waals surface area contributed by atoms with Gasteiger partial charge in [0.25, 0.3) is 0 Å². The van der Waals surface area contributed by atoms with Gasteiger partial charge in [-0.1, -0.05) is 32.4 Å². The third-order valence-electron chi connectivity index (χ3n) is 7.60. The third-order valence-corrected chi connectivity index (χ3v) is 7.60. The van der Waals surface area contributed by atoms with Crippen LogP contribution in [0.15, 0.2) is 24.1 Å². The molecule has 1 heteroatoms. The predicted molar refractivity (Wildman–Crippen MR) is 80.8 cm³/mol. The lowest BCUT2D eigenvalue weighted by Crippen LogP contribution is -2.50. The van der Waals surface area contributed by atoms with Gasteiger partial charge >= 0.3 is 0 Å². The van der Waals surface area contributed by atoms with Crippen LogP contribution in [0.3, 0.4) is 0 Å². The molecule has 4 rings (SSSR count). The Balaban J connectivity index is 1.69. The number of hydrogen-bond acceptors (Lipinski definition) is 0. The monoisotopic (exact) mass is 274 g/mol. The highest BCUT2D eigenvalue weighted by Gasteiger charge is 2.57. The topological polar surface area (TPSA) is 0 Å². The highest BCUT2D eigenvalue weighted by Crippen LogP contribution is 2.65. The van der Waals surface area contributed by atoms with Crippen molar-refractivity contribution in [1.82, 2.24) is 0 Å². The molecule has 0 bridgehead atoms. The lowest BCUT2D eigenvalue weighted by molar-refractivity contribution is -0.0604. The predicted octanol–water partition coefficient (Wildman–Crippen LogP) is 5.66. The minimum absolute atomic E-state index is 0.0890. The Bertz CT molecular complexity index is 476. The SMILES string of the molecule is C[C@@]12CCC[C@H]1[C@@H]1CC[C@H]3C(F)=CC=C[C@]3(C)[C@H]1CC2. The van der Waals surface area contributed by atoms with E-state index in [1.165, 1.54) is 38.5 Å². The summed E-state index contributed by atoms with van der Waals surface area (Å²) in [5.41, 5.74) is 0.697. The maximum absolute atomic E-state index is 14.3. The van der Waals surface area contributed by atoms with Gasteiger partial charge in [-0.05, 0) is 73.2 Å². The van der Waals surface area contributed by atoms with Crippen molar-refractivity contribution in [2.45, 2.75) is 58.8 Å². The number of hydrogen-bond donors (Lipinski definition) is 0. The summed E-state index contributed by atoms with van der Waals surface area (Å²) < 4.78 is 14.3. The van der Waals surface area contributed by atoms with E-state index in [-0.39, 0.29) is 17.2 Å². The van der Waals surface area contributed by atoms with Gasteiger partial charge in [0.2, 0.25) is 0 Å². The van der Waals surface area contributed by atoms with E-state index in [1.54, 1.807) is 6.08 Å². The first-order valence-corrected chi connectivity index (χ1v) is 8.59. The van der Waals surface area contributed by atoms with Crippen molar-refractivity contribution in [1.29, 1.82) is 0 Å². The molecule has 6 atom stereocenters. The molecule has 0 amide bonds. The quantitative estimate of drug-likeness (QED) is 0.535. The summed E-state index contributed by atoms with van der Waals surface area (Å²) in [6.07, 6.45) is 15.3. The molecule has 0 aromatic rings. The molecule has 4 aliphatic rings. The number of halogens is 1. The summed E-state index contributed by atoms with van der Waals surface area (Å²) in [5.74, 6) is 2.80. The number of rotatable bonds is 0. The zero-order valence-electron chi connectivity index (χ0n) is 12.9. The summed E-state index contributed by atoms with van der Waals surface area (Å²) >= 11 is 0. The Kier molecular flexibility index (Phi) is 2.76. The molecule has 0 N–H and O–H groups in total. The van der Waals surface area contributed by atoms with Crippen molar-refractivity contribution in [3.8, 4) is 0 Å². The molecule has 20 heavy (non-hydrogen) atoms. The molecule has 0 saturated heterocycles. The molecule has 0 radical (unpaired) electrons. The molecule has 3 saturated carbocycles. The van der Waals surface area contributed by atoms with Crippen molar-refractivity contribution in [3.63, 3.8) is 0 Å². The van der Waals surface area contributed by atoms with Gasteiger partial charge in [-0.15, -0.1) is 0 Å². The molecule has 0 aromatic heterocycles. The molecule has 0 heterocycles. The van der Waals surface area contributed by atoms with Crippen molar-refractivity contribution in [2.24, 2.45) is 34.5 Å². The lowest BCUT2D eigenvalue weighted by atomic mass is 9.47. The van der Waals surface area contributed by atoms with Crippen LogP contribution >= 0.6 is 0 Å². The second-order valence-electron chi connectivity index (χ2n) is 8.37. The van der Waals surface area contributed by atoms with Gasteiger partial charge < -0.3 is 0 Å². The maximum Gasteiger partial charge on any atom is 0.104 e. The molecule has 110 valence electrons. The first-order chi connectivity index (χ1) is 9.55. The smallest absolute Gasteiger partial charge is 0.104 e. The first-order valence-electron chi connectivity index (χ1n) is 8.59. The summed E-state index contributed by atoms with van der Waals surface area (Å²) in [4.78, 5) is 0. The van der Waals surface area contributed by atoms with E-state index in [0.29, 0.717) is 11.3 Å². The fraction of sp³-hybridized carbons (Fsp3) is 0.789. The van der Waals surface area contributed by atoms with Crippen LogP contribution in [0.25, 0.3) is 0 Å². The summed E-state index contributed by atoms with van der Waals surface area (Å²) in [5, 5.41) is 0. The number of allylic oxidation sites excluding steroid dienone is 4. The normalized spacial score (nSPS) is 53.9. The van der Waals surface area contributed by atoms with E-state index >= 15 is 0 Å². The summed E-state index contributed by atoms with van der Waals surface area (Å²) in [7, 11) is 0. The fourth-order valence-corrected chi connectivity index (χ4v) is 6.52. The molecule has 0 spiro atoms. The summed E-state index contributed by atoms with van der Waals surface area (Å²) in [6.45, 7) is 4.88. The molecule has 0 aliphatic heterocycles. The first kappa shape index (κ1) is 13.1. The van der Waals surface area contributed by atoms with E-state index < -0.39 is 0 Å². The average molecular weight is 274 g/mol. The zero-order valence-corrected chi connectivity index (χ0v) is 12.9. The van der Waals surface area contributed by atoms with Crippen LogP contribution in [0.5, 0.6) is 0 Å². The van der Waals surface area contributed by atoms with Crippen molar-refractivity contribution >= 4 is 0 Å². The maximum atomic E-state index is 14.3. The van der Waals surface area contributed by atoms with Crippen LogP contribution in [-0.2, 0) is 0 Å². The Morgan fingerprint density at radius 1 is 1.05 bits per heavy atom. The molecule has 0 aromatic carbocycles. The highest BCUT2D eigenvalue weighted by molar-refractivity contribution is 5.26. The van der Waals surface area contributed by atoms with Gasteiger partial charge in [0, 0.05) is 5.92 Å². The fourth-order valence-electron chi connectivity index (χ4n) is 6.52. The van der Waals surface area contributed by atoms with Gasteiger partial charge in [0.1, 0.15) is 5.83 Å². The Morgan fingerprint density at radius 3 is 2.75 bits per heavy atom. The second kappa shape index (κ2) is 4.21. The van der Waals surface area contributed by atoms with E-state index in [0.717, 1.165) is 18.3 Å². The van der Waals surface area contributed by atoms with E-state index in [4.69, 9.17) is 0 Å². The Hall–Kier alpha value is -0.590. The van der Waals surface area contributed by atoms with Crippen LogP contribution in [0, 0.1) is 34.5 Å². The molecular formula is C19H27F. The highest BCUT2D eigenvalue weighted by atomic mass is 19.1. The third kappa shape index (κ3) is 1.58. The van der Waals surface area contributed by atoms with Gasteiger partial charge in [-0.2, -0.15) is 0 Å². The van der Waals surface area contributed by atoms with Gasteiger partial charge in [-0.3, -0.25) is 0 Å². The van der Waals surface area contributed by atoms with E-state index in [2.05, 4.69) is 19.9 Å². The van der Waals surface area contributed by atoms with Crippen LogP contribution in [-0.4, -0.2) is 0 Å². The van der Waals surface area contributed by atoms with E-state index in [1.807, 2.05) is 6.08 Å². The lowest BCUT2D eigenvalue weighted by Gasteiger charge is -2.57. The van der Waals surface area contributed by atoms with Crippen LogP contribution in [0.4, 0.5) is 4.39 Å². The van der Waals surface area contributed by atoms with Gasteiger partial charge in [-0.25, -0.2) is 4.39 Å². The number of fused-ring (bicyclic) bond motifs is 5. The molecule has 3 fully saturated rings. The Labute approximate surface area is 122 Å². The molecule has 0 nitrogen and oxygen atoms in total. The second-order valence-corrected chi connectivity index (χ2v) is 8.37. The summed E-state index contributed by atoms with van der Waals surface area (Å²) in [6, 6.07) is 0. The van der Waals surface area contributed by atoms with Gasteiger partial charge in [0.15, 0.2) is 0 Å². The van der Waals surface area contributed by atoms with Crippen molar-refractivity contribution in [2.75, 3.05) is 0 Å².